The van der Waals surface area contributed by atoms with E-state index in [-0.39, 0.29) is 18.0 Å². The molecule has 1 N–H and O–H groups in total. The molecule has 0 unspecified atom stereocenters. The molecule has 0 aliphatic rings. The number of benzene rings is 1. The van der Waals surface area contributed by atoms with Gasteiger partial charge in [-0.05, 0) is 31.5 Å². The molecule has 0 aliphatic heterocycles. The van der Waals surface area contributed by atoms with E-state index in [1.165, 1.54) is 0 Å². The summed E-state index contributed by atoms with van der Waals surface area (Å²) in [5.74, 6) is 0.832. The van der Waals surface area contributed by atoms with E-state index < -0.39 is 0 Å². The van der Waals surface area contributed by atoms with Gasteiger partial charge in [0.1, 0.15) is 0 Å². The molecular weight excluding hydrogens is 314 g/mol. The first kappa shape index (κ1) is 17.3. The Kier molecular flexibility index (Phi) is 5.66. The minimum absolute atomic E-state index is 0.0348. The maximum atomic E-state index is 12.3. The van der Waals surface area contributed by atoms with Gasteiger partial charge in [0.05, 0.1) is 12.2 Å². The number of hydrogen-bond donors (Lipinski definition) is 1. The molecule has 2 rings (SSSR count). The molecule has 124 valence electrons. The number of urea groups is 1. The molecule has 0 bridgehead atoms. The molecule has 2 aromatic rings. The second-order valence-electron chi connectivity index (χ2n) is 5.79. The van der Waals surface area contributed by atoms with E-state index in [2.05, 4.69) is 17.4 Å². The number of amides is 2. The number of rotatable bonds is 5. The van der Waals surface area contributed by atoms with Gasteiger partial charge in [0.15, 0.2) is 5.76 Å². The van der Waals surface area contributed by atoms with E-state index in [0.717, 1.165) is 11.3 Å². The zero-order chi connectivity index (χ0) is 17.0. The average molecular weight is 336 g/mol. The van der Waals surface area contributed by atoms with Crippen molar-refractivity contribution in [2.75, 3.05) is 7.05 Å². The van der Waals surface area contributed by atoms with Crippen molar-refractivity contribution in [1.29, 1.82) is 0 Å². The first-order chi connectivity index (χ1) is 10.9. The fraction of sp³-hybridized carbons (Fsp3) is 0.412. The van der Waals surface area contributed by atoms with Crippen LogP contribution in [0.25, 0.3) is 0 Å². The van der Waals surface area contributed by atoms with Crippen LogP contribution >= 0.6 is 11.6 Å². The Morgan fingerprint density at radius 3 is 2.57 bits per heavy atom. The number of hydrogen-bond acceptors (Lipinski definition) is 3. The Bertz CT molecular complexity index is 654. The normalized spacial score (nSPS) is 13.4. The van der Waals surface area contributed by atoms with Crippen molar-refractivity contribution >= 4 is 17.6 Å². The van der Waals surface area contributed by atoms with Gasteiger partial charge in [0.2, 0.25) is 0 Å². The van der Waals surface area contributed by atoms with Crippen LogP contribution in [-0.2, 0) is 6.54 Å². The Morgan fingerprint density at radius 1 is 1.35 bits per heavy atom. The van der Waals surface area contributed by atoms with Gasteiger partial charge in [-0.25, -0.2) is 4.79 Å². The van der Waals surface area contributed by atoms with Gasteiger partial charge in [-0.2, -0.15) is 0 Å². The van der Waals surface area contributed by atoms with Crippen LogP contribution in [0.2, 0.25) is 5.02 Å². The van der Waals surface area contributed by atoms with Crippen molar-refractivity contribution in [2.24, 2.45) is 0 Å². The Hall–Kier alpha value is -2.01. The third-order valence-corrected chi connectivity index (χ3v) is 4.39. The number of aromatic nitrogens is 1. The number of nitrogens with one attached hydrogen (secondary N) is 1. The molecule has 0 spiro atoms. The van der Waals surface area contributed by atoms with E-state index in [4.69, 9.17) is 16.1 Å². The summed E-state index contributed by atoms with van der Waals surface area (Å²) in [6.07, 6.45) is 0. The van der Waals surface area contributed by atoms with Crippen molar-refractivity contribution in [2.45, 2.75) is 39.3 Å². The summed E-state index contributed by atoms with van der Waals surface area (Å²) < 4.78 is 5.09. The summed E-state index contributed by atoms with van der Waals surface area (Å²) in [4.78, 5) is 14.0. The molecule has 0 radical (unpaired) electrons. The molecule has 2 amide bonds. The molecule has 1 aromatic carbocycles. The minimum Gasteiger partial charge on any atom is -0.359 e. The zero-order valence-corrected chi connectivity index (χ0v) is 14.6. The standard InChI is InChI=1S/C17H22ClN3O2/c1-11-9-16(23-20-11)10-19-17(22)21(4)13(3)12(2)14-5-7-15(18)8-6-14/h5-9,12-13H,10H2,1-4H3,(H,19,22)/t12-,13-/m0/s1. The van der Waals surface area contributed by atoms with Gasteiger partial charge in [0.25, 0.3) is 0 Å². The van der Waals surface area contributed by atoms with Crippen molar-refractivity contribution in [1.82, 2.24) is 15.4 Å². The predicted molar refractivity (Wildman–Crippen MR) is 90.6 cm³/mol. The van der Waals surface area contributed by atoms with Gasteiger partial charge in [-0.15, -0.1) is 0 Å². The van der Waals surface area contributed by atoms with Crippen LogP contribution in [0.3, 0.4) is 0 Å². The van der Waals surface area contributed by atoms with Crippen molar-refractivity contribution in [3.8, 4) is 0 Å². The molecule has 1 aromatic heterocycles. The maximum absolute atomic E-state index is 12.3. The lowest BCUT2D eigenvalue weighted by molar-refractivity contribution is 0.185. The third-order valence-electron chi connectivity index (χ3n) is 4.14. The number of carbonyl (C=O) groups is 1. The molecule has 0 saturated carbocycles. The monoisotopic (exact) mass is 335 g/mol. The van der Waals surface area contributed by atoms with Gasteiger partial charge < -0.3 is 14.7 Å². The van der Waals surface area contributed by atoms with Gasteiger partial charge in [-0.1, -0.05) is 35.8 Å². The number of carbonyl (C=O) groups excluding carboxylic acids is 1. The summed E-state index contributed by atoms with van der Waals surface area (Å²) in [5, 5.41) is 7.35. The molecule has 1 heterocycles. The highest BCUT2D eigenvalue weighted by molar-refractivity contribution is 6.30. The maximum Gasteiger partial charge on any atom is 0.317 e. The smallest absolute Gasteiger partial charge is 0.317 e. The lowest BCUT2D eigenvalue weighted by Gasteiger charge is -2.30. The minimum atomic E-state index is -0.146. The second kappa shape index (κ2) is 7.51. The number of aryl methyl sites for hydroxylation is 1. The first-order valence-electron chi connectivity index (χ1n) is 7.56. The summed E-state index contributed by atoms with van der Waals surface area (Å²) in [5.41, 5.74) is 1.94. The average Bonchev–Trinajstić information content (AvgIpc) is 2.96. The summed E-state index contributed by atoms with van der Waals surface area (Å²) in [6, 6.07) is 9.41. The van der Waals surface area contributed by atoms with E-state index in [0.29, 0.717) is 17.3 Å². The van der Waals surface area contributed by atoms with Crippen molar-refractivity contribution in [3.05, 3.63) is 52.4 Å². The van der Waals surface area contributed by atoms with Crippen LogP contribution in [0.5, 0.6) is 0 Å². The van der Waals surface area contributed by atoms with Crippen LogP contribution < -0.4 is 5.32 Å². The van der Waals surface area contributed by atoms with Crippen LogP contribution in [0.4, 0.5) is 4.79 Å². The lowest BCUT2D eigenvalue weighted by Crippen LogP contribution is -2.44. The summed E-state index contributed by atoms with van der Waals surface area (Å²) in [6.45, 7) is 6.29. The van der Waals surface area contributed by atoms with Crippen molar-refractivity contribution < 1.29 is 9.32 Å². The number of halogens is 1. The van der Waals surface area contributed by atoms with Gasteiger partial charge >= 0.3 is 6.03 Å². The molecule has 23 heavy (non-hydrogen) atoms. The van der Waals surface area contributed by atoms with E-state index in [1.54, 1.807) is 18.0 Å². The molecule has 5 nitrogen and oxygen atoms in total. The highest BCUT2D eigenvalue weighted by atomic mass is 35.5. The quantitative estimate of drug-likeness (QED) is 0.899. The number of likely N-dealkylation sites (N-methyl/N-ethyl adjacent to an activating group) is 1. The molecule has 0 fully saturated rings. The van der Waals surface area contributed by atoms with Crippen LogP contribution in [0, 0.1) is 6.92 Å². The fourth-order valence-electron chi connectivity index (χ4n) is 2.35. The van der Waals surface area contributed by atoms with Crippen LogP contribution in [-0.4, -0.2) is 29.2 Å². The Morgan fingerprint density at radius 2 is 2.00 bits per heavy atom. The molecule has 0 aliphatic carbocycles. The summed E-state index contributed by atoms with van der Waals surface area (Å²) in [7, 11) is 1.79. The van der Waals surface area contributed by atoms with Gasteiger partial charge in [-0.3, -0.25) is 0 Å². The predicted octanol–water partition coefficient (Wildman–Crippen LogP) is 3.97. The highest BCUT2D eigenvalue weighted by Crippen LogP contribution is 2.23. The topological polar surface area (TPSA) is 58.4 Å². The summed E-state index contributed by atoms with van der Waals surface area (Å²) >= 11 is 5.92. The van der Waals surface area contributed by atoms with Crippen molar-refractivity contribution in [3.63, 3.8) is 0 Å². The van der Waals surface area contributed by atoms with Gasteiger partial charge in [0, 0.05) is 30.1 Å². The highest BCUT2D eigenvalue weighted by Gasteiger charge is 2.22. The Balaban J connectivity index is 1.93. The van der Waals surface area contributed by atoms with E-state index in [9.17, 15) is 4.79 Å². The molecular formula is C17H22ClN3O2. The lowest BCUT2D eigenvalue weighted by atomic mass is 9.94. The molecule has 2 atom stereocenters. The van der Waals surface area contributed by atoms with E-state index in [1.807, 2.05) is 38.1 Å². The fourth-order valence-corrected chi connectivity index (χ4v) is 2.48. The SMILES string of the molecule is Cc1cc(CNC(=O)N(C)[C@@H](C)[C@H](C)c2ccc(Cl)cc2)on1. The Labute approximate surface area is 141 Å². The largest absolute Gasteiger partial charge is 0.359 e. The van der Waals surface area contributed by atoms with Crippen LogP contribution in [0.1, 0.15) is 36.8 Å². The van der Waals surface area contributed by atoms with E-state index >= 15 is 0 Å². The molecule has 6 heteroatoms. The zero-order valence-electron chi connectivity index (χ0n) is 13.8. The van der Waals surface area contributed by atoms with Crippen LogP contribution in [0.15, 0.2) is 34.9 Å². The third kappa shape index (κ3) is 4.48. The number of nitrogens with zero attached hydrogens (tertiary/aromatic N) is 2. The first-order valence-corrected chi connectivity index (χ1v) is 7.94. The second-order valence-corrected chi connectivity index (χ2v) is 6.22. The molecule has 0 saturated heterocycles.